The Balaban J connectivity index is -0.0000000267. The molecule has 8 heavy (non-hydrogen) atoms. The third-order valence-corrected chi connectivity index (χ3v) is 0. The van der Waals surface area contributed by atoms with Crippen LogP contribution in [-0.2, 0) is 10.0 Å². The standard InChI is InChI=1S/Ca.Mg.H3O4P.O/c;;1-5(2,3)4;/h;;(H3,1,2,3,4);/q2*+2;;-2/p-2. The van der Waals surface area contributed by atoms with Gasteiger partial charge in [-0.25, -0.2) is 0 Å². The predicted octanol–water partition coefficient (Wildman–Crippen LogP) is -3.07. The summed E-state index contributed by atoms with van der Waals surface area (Å²) in [6.45, 7) is 0. The summed E-state index contributed by atoms with van der Waals surface area (Å²) < 4.78 is 8.66. The minimum Gasteiger partial charge on any atom is -2.00 e. The first kappa shape index (κ1) is 22.5. The zero-order valence-electron chi connectivity index (χ0n) is 3.94. The molecule has 0 aromatic rings. The number of phosphoric acid groups is 1. The Morgan fingerprint density at radius 1 is 1.38 bits per heavy atom. The minimum atomic E-state index is -5.14. The van der Waals surface area contributed by atoms with Crippen LogP contribution in [0.2, 0.25) is 0 Å². The second kappa shape index (κ2) is 9.10. The Bertz CT molecular complexity index is 58.6. The van der Waals surface area contributed by atoms with E-state index in [1.54, 1.807) is 0 Å². The topological polar surface area (TPSA) is 112 Å². The maximum Gasteiger partial charge on any atom is 2.00 e. The van der Waals surface area contributed by atoms with E-state index in [2.05, 4.69) is 0 Å². The van der Waals surface area contributed by atoms with Gasteiger partial charge in [-0.15, -0.1) is 0 Å². The van der Waals surface area contributed by atoms with Crippen LogP contribution in [0.5, 0.6) is 0 Å². The molecule has 8 heteroatoms. The normalized spacial score (nSPS) is 7.38. The van der Waals surface area contributed by atoms with Gasteiger partial charge in [-0.3, -0.25) is 0 Å². The van der Waals surface area contributed by atoms with Gasteiger partial charge < -0.3 is 24.7 Å². The van der Waals surface area contributed by atoms with Crippen LogP contribution in [0.3, 0.4) is 0 Å². The Hall–Kier alpha value is 2.10. The van der Waals surface area contributed by atoms with Gasteiger partial charge in [0, 0.05) is 0 Å². The summed E-state index contributed by atoms with van der Waals surface area (Å²) in [6.07, 6.45) is 0. The van der Waals surface area contributed by atoms with E-state index < -0.39 is 7.82 Å². The summed E-state index contributed by atoms with van der Waals surface area (Å²) in [5.74, 6) is 0. The molecule has 0 bridgehead atoms. The van der Waals surface area contributed by atoms with Crippen molar-refractivity contribution < 1.29 is 24.7 Å². The van der Waals surface area contributed by atoms with Crippen molar-refractivity contribution in [3.05, 3.63) is 0 Å². The molecule has 0 amide bonds. The van der Waals surface area contributed by atoms with Crippen molar-refractivity contribution in [2.45, 2.75) is 0 Å². The van der Waals surface area contributed by atoms with Crippen molar-refractivity contribution in [1.82, 2.24) is 0 Å². The molecule has 0 unspecified atom stereocenters. The monoisotopic (exact) mass is 176 g/mol. The molecule has 0 fully saturated rings. The van der Waals surface area contributed by atoms with Crippen LogP contribution in [0.1, 0.15) is 0 Å². The van der Waals surface area contributed by atoms with Crippen LogP contribution in [0.15, 0.2) is 0 Å². The molecule has 0 rings (SSSR count). The molecule has 0 atom stereocenters. The van der Waals surface area contributed by atoms with E-state index in [-0.39, 0.29) is 66.3 Å². The van der Waals surface area contributed by atoms with Gasteiger partial charge >= 0.3 is 60.8 Å². The Kier molecular flexibility index (Phi) is 25.6. The molecule has 40 valence electrons. The molecule has 0 aliphatic rings. The second-order valence-electron chi connectivity index (χ2n) is 0.469. The van der Waals surface area contributed by atoms with Crippen molar-refractivity contribution >= 4 is 68.6 Å². The molecule has 0 aliphatic heterocycles. The fourth-order valence-corrected chi connectivity index (χ4v) is 0. The summed E-state index contributed by atoms with van der Waals surface area (Å²) in [5.41, 5.74) is 0. The van der Waals surface area contributed by atoms with E-state index in [9.17, 15) is 0 Å². The van der Waals surface area contributed by atoms with Gasteiger partial charge in [0.2, 0.25) is 0 Å². The summed E-state index contributed by atoms with van der Waals surface area (Å²) in [6, 6.07) is 0. The summed E-state index contributed by atoms with van der Waals surface area (Å²) in [5, 5.41) is 0. The van der Waals surface area contributed by atoms with E-state index >= 15 is 0 Å². The molecular formula is HCaMgO5P. The third kappa shape index (κ3) is 92.8. The number of hydrogen-bond acceptors (Lipinski definition) is 3. The first-order valence-corrected chi connectivity index (χ1v) is 2.24. The van der Waals surface area contributed by atoms with E-state index in [0.717, 1.165) is 0 Å². The Labute approximate surface area is 92.2 Å². The van der Waals surface area contributed by atoms with Gasteiger partial charge in [-0.1, -0.05) is 0 Å². The van der Waals surface area contributed by atoms with E-state index in [1.165, 1.54) is 0 Å². The predicted molar refractivity (Wildman–Crippen MR) is 22.0 cm³/mol. The summed E-state index contributed by atoms with van der Waals surface area (Å²) in [7, 11) is -5.14. The van der Waals surface area contributed by atoms with Crippen molar-refractivity contribution in [3.63, 3.8) is 0 Å². The van der Waals surface area contributed by atoms with Crippen LogP contribution < -0.4 is 9.79 Å². The molecule has 0 radical (unpaired) electrons. The first-order valence-electron chi connectivity index (χ1n) is 0.748. The van der Waals surface area contributed by atoms with Crippen molar-refractivity contribution in [2.24, 2.45) is 0 Å². The van der Waals surface area contributed by atoms with Gasteiger partial charge in [0.25, 0.3) is 0 Å². The molecule has 0 heterocycles. The van der Waals surface area contributed by atoms with Crippen LogP contribution in [0.4, 0.5) is 0 Å². The second-order valence-corrected chi connectivity index (χ2v) is 1.41. The zero-order valence-corrected chi connectivity index (χ0v) is 8.46. The van der Waals surface area contributed by atoms with Gasteiger partial charge in [0.15, 0.2) is 0 Å². The van der Waals surface area contributed by atoms with Crippen molar-refractivity contribution in [3.8, 4) is 0 Å². The van der Waals surface area contributed by atoms with Gasteiger partial charge in [-0.05, 0) is 0 Å². The fraction of sp³-hybridized carbons (Fsp3) is 0. The average molecular weight is 176 g/mol. The molecule has 5 nitrogen and oxygen atoms in total. The van der Waals surface area contributed by atoms with E-state index in [0.29, 0.717) is 0 Å². The van der Waals surface area contributed by atoms with Crippen molar-refractivity contribution in [2.75, 3.05) is 0 Å². The average Bonchev–Trinajstić information content (AvgIpc) is 0.722. The quantitative estimate of drug-likeness (QED) is 0.312. The summed E-state index contributed by atoms with van der Waals surface area (Å²) >= 11 is 0. The zero-order chi connectivity index (χ0) is 4.50. The van der Waals surface area contributed by atoms with Gasteiger partial charge in [0.05, 0.1) is 7.82 Å². The van der Waals surface area contributed by atoms with Gasteiger partial charge in [0.1, 0.15) is 0 Å². The maximum absolute atomic E-state index is 8.66. The van der Waals surface area contributed by atoms with E-state index in [1.807, 2.05) is 0 Å². The molecule has 1 N–H and O–H groups in total. The third-order valence-electron chi connectivity index (χ3n) is 0. The fourth-order valence-electron chi connectivity index (χ4n) is 0. The molecule has 0 aromatic heterocycles. The molecule has 0 saturated heterocycles. The van der Waals surface area contributed by atoms with Crippen LogP contribution in [0.25, 0.3) is 0 Å². The molecule has 0 spiro atoms. The number of hydrogen-bond donors (Lipinski definition) is 1. The molecule has 0 aliphatic carbocycles. The minimum absolute atomic E-state index is 0. The van der Waals surface area contributed by atoms with E-state index in [4.69, 9.17) is 19.2 Å². The Morgan fingerprint density at radius 2 is 1.38 bits per heavy atom. The maximum atomic E-state index is 8.66. The molecule has 0 aromatic carbocycles. The van der Waals surface area contributed by atoms with Crippen molar-refractivity contribution in [1.29, 1.82) is 0 Å². The SMILES string of the molecule is O=P([O-])([O-])O.[Ca+2].[Mg+2].[O-2]. The number of rotatable bonds is 0. The Morgan fingerprint density at radius 3 is 1.38 bits per heavy atom. The summed E-state index contributed by atoms with van der Waals surface area (Å²) in [4.78, 5) is 24.3. The van der Waals surface area contributed by atoms with Crippen LogP contribution >= 0.6 is 7.82 Å². The smallest absolute Gasteiger partial charge is 2.00 e. The van der Waals surface area contributed by atoms with Gasteiger partial charge in [-0.2, -0.15) is 0 Å². The largest absolute Gasteiger partial charge is 2.00 e. The van der Waals surface area contributed by atoms with Crippen LogP contribution in [0, 0.1) is 0 Å². The first-order chi connectivity index (χ1) is 2.00. The van der Waals surface area contributed by atoms with Crippen LogP contribution in [-0.4, -0.2) is 65.7 Å². The molecular weight excluding hydrogens is 175 g/mol. The molecule has 0 saturated carbocycles.